The lowest BCUT2D eigenvalue weighted by Gasteiger charge is -2.15. The van der Waals surface area contributed by atoms with Gasteiger partial charge in [0.1, 0.15) is 10.9 Å². The molecule has 0 bridgehead atoms. The van der Waals surface area contributed by atoms with Gasteiger partial charge in [0, 0.05) is 0 Å². The van der Waals surface area contributed by atoms with E-state index in [9.17, 15) is 5.11 Å². The molecule has 1 aromatic carbocycles. The summed E-state index contributed by atoms with van der Waals surface area (Å²) < 4.78 is 10.8. The maximum Gasteiger partial charge on any atom is 0.161 e. The van der Waals surface area contributed by atoms with Gasteiger partial charge >= 0.3 is 0 Å². The van der Waals surface area contributed by atoms with E-state index in [0.717, 1.165) is 12.8 Å². The summed E-state index contributed by atoms with van der Waals surface area (Å²) in [4.78, 5) is -0.874. The Morgan fingerprint density at radius 3 is 2.56 bits per heavy atom. The van der Waals surface area contributed by atoms with Crippen LogP contribution in [-0.2, 0) is 0 Å². The molecule has 0 aliphatic carbocycles. The SMILES string of the molecule is CCCCOc1ccc(C(O)C(Cl)Cl)cc1OC. The van der Waals surface area contributed by atoms with Crippen LogP contribution >= 0.6 is 23.2 Å². The third-order valence-electron chi connectivity index (χ3n) is 2.52. The zero-order valence-corrected chi connectivity index (χ0v) is 12.0. The van der Waals surface area contributed by atoms with E-state index in [4.69, 9.17) is 32.7 Å². The number of aliphatic hydroxyl groups is 1. The normalized spacial score (nSPS) is 12.6. The molecule has 102 valence electrons. The van der Waals surface area contributed by atoms with Gasteiger partial charge in [-0.15, -0.1) is 23.2 Å². The van der Waals surface area contributed by atoms with E-state index < -0.39 is 10.9 Å². The van der Waals surface area contributed by atoms with Gasteiger partial charge in [0.2, 0.25) is 0 Å². The predicted molar refractivity (Wildman–Crippen MR) is 73.9 cm³/mol. The lowest BCUT2D eigenvalue weighted by Crippen LogP contribution is -2.07. The quantitative estimate of drug-likeness (QED) is 0.615. The van der Waals surface area contributed by atoms with E-state index in [1.807, 2.05) is 0 Å². The molecule has 18 heavy (non-hydrogen) atoms. The number of methoxy groups -OCH3 is 1. The Balaban J connectivity index is 2.82. The van der Waals surface area contributed by atoms with Crippen molar-refractivity contribution >= 4 is 23.2 Å². The standard InChI is InChI=1S/C13H18Cl2O3/c1-3-4-7-18-10-6-5-9(8-11(10)17-2)12(16)13(14)15/h5-6,8,12-13,16H,3-4,7H2,1-2H3. The molecule has 0 radical (unpaired) electrons. The Morgan fingerprint density at radius 1 is 1.28 bits per heavy atom. The molecule has 3 nitrogen and oxygen atoms in total. The van der Waals surface area contributed by atoms with Gasteiger partial charge in [-0.2, -0.15) is 0 Å². The lowest BCUT2D eigenvalue weighted by molar-refractivity contribution is 0.192. The minimum Gasteiger partial charge on any atom is -0.493 e. The van der Waals surface area contributed by atoms with Crippen LogP contribution in [0.2, 0.25) is 0 Å². The second-order valence-corrected chi connectivity index (χ2v) is 5.06. The molecule has 0 spiro atoms. The molecule has 0 saturated carbocycles. The van der Waals surface area contributed by atoms with Crippen molar-refractivity contribution in [2.45, 2.75) is 30.7 Å². The monoisotopic (exact) mass is 292 g/mol. The zero-order chi connectivity index (χ0) is 13.5. The molecule has 1 unspecified atom stereocenters. The van der Waals surface area contributed by atoms with E-state index >= 15 is 0 Å². The van der Waals surface area contributed by atoms with Crippen molar-refractivity contribution in [2.24, 2.45) is 0 Å². The number of hydrogen-bond donors (Lipinski definition) is 1. The summed E-state index contributed by atoms with van der Waals surface area (Å²) in [5.74, 6) is 1.22. The fraction of sp³-hybridized carbons (Fsp3) is 0.538. The molecule has 0 amide bonds. The number of hydrogen-bond acceptors (Lipinski definition) is 3. The van der Waals surface area contributed by atoms with Crippen LogP contribution in [0.15, 0.2) is 18.2 Å². The third kappa shape index (κ3) is 4.23. The molecule has 1 N–H and O–H groups in total. The lowest BCUT2D eigenvalue weighted by atomic mass is 10.1. The number of benzene rings is 1. The van der Waals surface area contributed by atoms with Crippen molar-refractivity contribution in [1.82, 2.24) is 0 Å². The Bertz CT molecular complexity index is 369. The number of rotatable bonds is 7. The smallest absolute Gasteiger partial charge is 0.161 e. The van der Waals surface area contributed by atoms with Crippen LogP contribution in [0, 0.1) is 0 Å². The minimum absolute atomic E-state index is 0.566. The summed E-state index contributed by atoms with van der Waals surface area (Å²) in [6.07, 6.45) is 1.12. The molecular weight excluding hydrogens is 275 g/mol. The van der Waals surface area contributed by atoms with Gasteiger partial charge in [-0.25, -0.2) is 0 Å². The van der Waals surface area contributed by atoms with E-state index in [0.29, 0.717) is 23.7 Å². The Morgan fingerprint density at radius 2 is 2.00 bits per heavy atom. The van der Waals surface area contributed by atoms with Gasteiger partial charge in [-0.1, -0.05) is 19.4 Å². The Kier molecular flexibility index (Phi) is 6.61. The van der Waals surface area contributed by atoms with Gasteiger partial charge < -0.3 is 14.6 Å². The number of halogens is 2. The number of alkyl halides is 2. The Labute approximate surface area is 118 Å². The highest BCUT2D eigenvalue weighted by Crippen LogP contribution is 2.33. The van der Waals surface area contributed by atoms with Crippen LogP contribution in [0.3, 0.4) is 0 Å². The van der Waals surface area contributed by atoms with E-state index in [1.165, 1.54) is 0 Å². The second kappa shape index (κ2) is 7.72. The average molecular weight is 293 g/mol. The van der Waals surface area contributed by atoms with Gasteiger partial charge in [0.05, 0.1) is 13.7 Å². The summed E-state index contributed by atoms with van der Waals surface area (Å²) >= 11 is 11.3. The first-order valence-electron chi connectivity index (χ1n) is 5.87. The maximum absolute atomic E-state index is 9.76. The molecular formula is C13H18Cl2O3. The van der Waals surface area contributed by atoms with E-state index in [1.54, 1.807) is 25.3 Å². The fourth-order valence-corrected chi connectivity index (χ4v) is 1.75. The van der Waals surface area contributed by atoms with Gasteiger partial charge in [0.15, 0.2) is 11.5 Å². The molecule has 1 atom stereocenters. The van der Waals surface area contributed by atoms with Crippen LogP contribution in [-0.4, -0.2) is 23.7 Å². The van der Waals surface area contributed by atoms with Crippen molar-refractivity contribution in [3.63, 3.8) is 0 Å². The number of ether oxygens (including phenoxy) is 2. The number of aliphatic hydroxyl groups excluding tert-OH is 1. The molecule has 1 aromatic rings. The first kappa shape index (κ1) is 15.4. The highest BCUT2D eigenvalue weighted by molar-refractivity contribution is 6.44. The van der Waals surface area contributed by atoms with Crippen molar-refractivity contribution in [2.75, 3.05) is 13.7 Å². The molecule has 5 heteroatoms. The summed E-state index contributed by atoms with van der Waals surface area (Å²) in [7, 11) is 1.55. The molecule has 0 fully saturated rings. The largest absolute Gasteiger partial charge is 0.493 e. The molecule has 1 rings (SSSR count). The highest BCUT2D eigenvalue weighted by atomic mass is 35.5. The Hall–Kier alpha value is -0.640. The van der Waals surface area contributed by atoms with Gasteiger partial charge in [-0.3, -0.25) is 0 Å². The third-order valence-corrected chi connectivity index (χ3v) is 3.00. The minimum atomic E-state index is -0.938. The summed E-state index contributed by atoms with van der Waals surface area (Å²) in [6.45, 7) is 2.74. The number of unbranched alkanes of at least 4 members (excludes halogenated alkanes) is 1. The van der Waals surface area contributed by atoms with Crippen LogP contribution in [0.4, 0.5) is 0 Å². The van der Waals surface area contributed by atoms with E-state index in [-0.39, 0.29) is 0 Å². The first-order chi connectivity index (χ1) is 8.60. The molecule has 0 aromatic heterocycles. The summed E-state index contributed by atoms with van der Waals surface area (Å²) in [6, 6.07) is 5.17. The van der Waals surface area contributed by atoms with Crippen molar-refractivity contribution in [3.8, 4) is 11.5 Å². The van der Waals surface area contributed by atoms with Crippen molar-refractivity contribution in [1.29, 1.82) is 0 Å². The van der Waals surface area contributed by atoms with Gasteiger partial charge in [0.25, 0.3) is 0 Å². The van der Waals surface area contributed by atoms with Crippen molar-refractivity contribution in [3.05, 3.63) is 23.8 Å². The van der Waals surface area contributed by atoms with E-state index in [2.05, 4.69) is 6.92 Å². The topological polar surface area (TPSA) is 38.7 Å². The van der Waals surface area contributed by atoms with Crippen molar-refractivity contribution < 1.29 is 14.6 Å². The first-order valence-corrected chi connectivity index (χ1v) is 6.74. The van der Waals surface area contributed by atoms with Crippen LogP contribution in [0.25, 0.3) is 0 Å². The van der Waals surface area contributed by atoms with Crippen LogP contribution in [0.5, 0.6) is 11.5 Å². The van der Waals surface area contributed by atoms with Crippen LogP contribution < -0.4 is 9.47 Å². The average Bonchev–Trinajstić information content (AvgIpc) is 2.38. The second-order valence-electron chi connectivity index (χ2n) is 3.89. The molecule has 0 aliphatic heterocycles. The zero-order valence-electron chi connectivity index (χ0n) is 10.5. The molecule has 0 heterocycles. The maximum atomic E-state index is 9.76. The fourth-order valence-electron chi connectivity index (χ4n) is 1.46. The predicted octanol–water partition coefficient (Wildman–Crippen LogP) is 3.71. The molecule has 0 aliphatic rings. The van der Waals surface area contributed by atoms with Gasteiger partial charge in [-0.05, 0) is 24.1 Å². The highest BCUT2D eigenvalue weighted by Gasteiger charge is 2.17. The summed E-state index contributed by atoms with van der Waals surface area (Å²) in [5.41, 5.74) is 0.602. The summed E-state index contributed by atoms with van der Waals surface area (Å²) in [5, 5.41) is 9.76. The molecule has 0 saturated heterocycles. The van der Waals surface area contributed by atoms with Crippen LogP contribution in [0.1, 0.15) is 31.4 Å².